The lowest BCUT2D eigenvalue weighted by atomic mass is 9.95. The van der Waals surface area contributed by atoms with E-state index in [0.29, 0.717) is 5.92 Å². The van der Waals surface area contributed by atoms with Gasteiger partial charge in [-0.25, -0.2) is 9.97 Å². The van der Waals surface area contributed by atoms with Crippen LogP contribution in [0.1, 0.15) is 38.1 Å². The van der Waals surface area contributed by atoms with Crippen molar-refractivity contribution >= 4 is 33.3 Å². The second-order valence-electron chi connectivity index (χ2n) is 7.63. The van der Waals surface area contributed by atoms with Gasteiger partial charge < -0.3 is 9.80 Å². The van der Waals surface area contributed by atoms with E-state index in [2.05, 4.69) is 29.1 Å². The minimum atomic E-state index is 0.141. The largest absolute Gasteiger partial charge is 0.356 e. The lowest BCUT2D eigenvalue weighted by Crippen LogP contribution is -2.40. The summed E-state index contributed by atoms with van der Waals surface area (Å²) in [5.74, 6) is 2.89. The summed E-state index contributed by atoms with van der Waals surface area (Å²) in [6.45, 7) is 8.22. The van der Waals surface area contributed by atoms with E-state index in [-0.39, 0.29) is 11.8 Å². The van der Waals surface area contributed by atoms with Crippen LogP contribution in [0, 0.1) is 18.8 Å². The zero-order valence-electron chi connectivity index (χ0n) is 15.9. The van der Waals surface area contributed by atoms with Crippen molar-refractivity contribution in [3.05, 3.63) is 16.8 Å². The van der Waals surface area contributed by atoms with E-state index < -0.39 is 0 Å². The fourth-order valence-electron chi connectivity index (χ4n) is 3.61. The van der Waals surface area contributed by atoms with Crippen LogP contribution in [-0.2, 0) is 11.2 Å². The standard InChI is InChI=1S/C19H28N4OS/c1-12(2)10-15-11-25-18-16(15)17(20-13(3)21-18)23-8-6-14(7-9-23)19(24)22(4)5/h11-12,14H,6-10H2,1-5H3. The Labute approximate surface area is 154 Å². The molecule has 0 aliphatic carbocycles. The van der Waals surface area contributed by atoms with E-state index in [0.717, 1.165) is 48.8 Å². The Bertz CT molecular complexity index is 760. The van der Waals surface area contributed by atoms with Gasteiger partial charge in [0.15, 0.2) is 0 Å². The molecule has 0 unspecified atom stereocenters. The Hall–Kier alpha value is -1.69. The number of rotatable bonds is 4. The average Bonchev–Trinajstić information content (AvgIpc) is 2.95. The number of carbonyl (C=O) groups is 1. The lowest BCUT2D eigenvalue weighted by molar-refractivity contribution is -0.133. The molecule has 2 aromatic heterocycles. The summed E-state index contributed by atoms with van der Waals surface area (Å²) in [7, 11) is 3.69. The zero-order valence-corrected chi connectivity index (χ0v) is 16.7. The number of amides is 1. The fourth-order valence-corrected chi connectivity index (χ4v) is 4.60. The Morgan fingerprint density at radius 2 is 2.00 bits per heavy atom. The van der Waals surface area contributed by atoms with Crippen LogP contribution in [0.3, 0.4) is 0 Å². The molecular formula is C19H28N4OS. The molecular weight excluding hydrogens is 332 g/mol. The number of thiophene rings is 1. The third-order valence-corrected chi connectivity index (χ3v) is 5.74. The summed E-state index contributed by atoms with van der Waals surface area (Å²) in [4.78, 5) is 26.8. The number of hydrogen-bond donors (Lipinski definition) is 0. The number of anilines is 1. The third-order valence-electron chi connectivity index (χ3n) is 4.82. The molecule has 0 atom stereocenters. The van der Waals surface area contributed by atoms with E-state index in [1.54, 1.807) is 16.2 Å². The van der Waals surface area contributed by atoms with Gasteiger partial charge in [-0.3, -0.25) is 4.79 Å². The second-order valence-corrected chi connectivity index (χ2v) is 8.49. The molecule has 0 bridgehead atoms. The van der Waals surface area contributed by atoms with E-state index >= 15 is 0 Å². The average molecular weight is 361 g/mol. The van der Waals surface area contributed by atoms with Crippen molar-refractivity contribution in [1.29, 1.82) is 0 Å². The molecule has 1 aliphatic rings. The van der Waals surface area contributed by atoms with Gasteiger partial charge in [0.25, 0.3) is 0 Å². The Morgan fingerprint density at radius 3 is 2.60 bits per heavy atom. The van der Waals surface area contributed by atoms with E-state index in [4.69, 9.17) is 4.98 Å². The number of hydrogen-bond acceptors (Lipinski definition) is 5. The molecule has 1 fully saturated rings. The number of nitrogens with zero attached hydrogens (tertiary/aromatic N) is 4. The van der Waals surface area contributed by atoms with Crippen LogP contribution >= 0.6 is 11.3 Å². The van der Waals surface area contributed by atoms with Crippen LogP contribution in [0.5, 0.6) is 0 Å². The second kappa shape index (κ2) is 7.28. The monoisotopic (exact) mass is 360 g/mol. The topological polar surface area (TPSA) is 49.3 Å². The Morgan fingerprint density at radius 1 is 1.32 bits per heavy atom. The molecule has 1 aliphatic heterocycles. The van der Waals surface area contributed by atoms with Gasteiger partial charge in [0.1, 0.15) is 16.5 Å². The predicted molar refractivity (Wildman–Crippen MR) is 104 cm³/mol. The van der Waals surface area contributed by atoms with Gasteiger partial charge in [0, 0.05) is 33.1 Å². The van der Waals surface area contributed by atoms with Crippen LogP contribution in [0.4, 0.5) is 5.82 Å². The minimum Gasteiger partial charge on any atom is -0.356 e. The summed E-state index contributed by atoms with van der Waals surface area (Å²) in [5.41, 5.74) is 1.36. The highest BCUT2D eigenvalue weighted by Gasteiger charge is 2.28. The quantitative estimate of drug-likeness (QED) is 0.837. The molecule has 0 spiro atoms. The summed E-state index contributed by atoms with van der Waals surface area (Å²) in [5, 5.41) is 3.46. The van der Waals surface area contributed by atoms with Crippen LogP contribution in [0.2, 0.25) is 0 Å². The van der Waals surface area contributed by atoms with Crippen LogP contribution in [0.25, 0.3) is 10.2 Å². The predicted octanol–water partition coefficient (Wildman–Crippen LogP) is 3.50. The molecule has 2 aromatic rings. The van der Waals surface area contributed by atoms with Crippen molar-refractivity contribution in [2.24, 2.45) is 11.8 Å². The van der Waals surface area contributed by atoms with Crippen molar-refractivity contribution in [2.45, 2.75) is 40.0 Å². The van der Waals surface area contributed by atoms with E-state index in [1.165, 1.54) is 10.9 Å². The van der Waals surface area contributed by atoms with Gasteiger partial charge in [-0.2, -0.15) is 0 Å². The van der Waals surface area contributed by atoms with Gasteiger partial charge in [-0.15, -0.1) is 11.3 Å². The molecule has 136 valence electrons. The number of fused-ring (bicyclic) bond motifs is 1. The first-order valence-electron chi connectivity index (χ1n) is 9.07. The van der Waals surface area contributed by atoms with E-state index in [1.807, 2.05) is 21.0 Å². The van der Waals surface area contributed by atoms with Gasteiger partial charge in [-0.05, 0) is 43.0 Å². The maximum Gasteiger partial charge on any atom is 0.225 e. The molecule has 25 heavy (non-hydrogen) atoms. The number of aromatic nitrogens is 2. The van der Waals surface area contributed by atoms with Gasteiger partial charge >= 0.3 is 0 Å². The molecule has 5 nitrogen and oxygen atoms in total. The zero-order chi connectivity index (χ0) is 18.1. The lowest BCUT2D eigenvalue weighted by Gasteiger charge is -2.33. The molecule has 0 radical (unpaired) electrons. The van der Waals surface area contributed by atoms with Gasteiger partial charge in [0.05, 0.1) is 5.39 Å². The van der Waals surface area contributed by atoms with E-state index in [9.17, 15) is 4.79 Å². The first-order chi connectivity index (χ1) is 11.9. The molecule has 1 amide bonds. The third kappa shape index (κ3) is 3.78. The van der Waals surface area contributed by atoms with Crippen molar-refractivity contribution < 1.29 is 4.79 Å². The molecule has 0 N–H and O–H groups in total. The van der Waals surface area contributed by atoms with Gasteiger partial charge in [-0.1, -0.05) is 13.8 Å². The molecule has 0 saturated carbocycles. The summed E-state index contributed by atoms with van der Waals surface area (Å²) in [6, 6.07) is 0. The summed E-state index contributed by atoms with van der Waals surface area (Å²) in [6.07, 6.45) is 2.84. The molecule has 3 rings (SSSR count). The Balaban J connectivity index is 1.88. The number of piperidine rings is 1. The fraction of sp³-hybridized carbons (Fsp3) is 0.632. The van der Waals surface area contributed by atoms with Crippen LogP contribution < -0.4 is 4.90 Å². The van der Waals surface area contributed by atoms with Crippen LogP contribution in [-0.4, -0.2) is 48.0 Å². The van der Waals surface area contributed by atoms with Gasteiger partial charge in [0.2, 0.25) is 5.91 Å². The number of carbonyl (C=O) groups excluding carboxylic acids is 1. The highest BCUT2D eigenvalue weighted by molar-refractivity contribution is 7.17. The van der Waals surface area contributed by atoms with Crippen molar-refractivity contribution in [1.82, 2.24) is 14.9 Å². The Kier molecular flexibility index (Phi) is 5.27. The first kappa shape index (κ1) is 18.1. The highest BCUT2D eigenvalue weighted by atomic mass is 32.1. The molecule has 6 heteroatoms. The van der Waals surface area contributed by atoms with Crippen LogP contribution in [0.15, 0.2) is 5.38 Å². The minimum absolute atomic E-state index is 0.141. The maximum absolute atomic E-state index is 12.2. The summed E-state index contributed by atoms with van der Waals surface area (Å²) >= 11 is 1.72. The molecule has 3 heterocycles. The SMILES string of the molecule is Cc1nc(N2CCC(C(=O)N(C)C)CC2)c2c(CC(C)C)csc2n1. The van der Waals surface area contributed by atoms with Crippen molar-refractivity contribution in [3.8, 4) is 0 Å². The smallest absolute Gasteiger partial charge is 0.225 e. The normalized spacial score (nSPS) is 16.0. The maximum atomic E-state index is 12.2. The molecule has 1 saturated heterocycles. The highest BCUT2D eigenvalue weighted by Crippen LogP contribution is 2.35. The van der Waals surface area contributed by atoms with Crippen molar-refractivity contribution in [2.75, 3.05) is 32.1 Å². The molecule has 0 aromatic carbocycles. The first-order valence-corrected chi connectivity index (χ1v) is 9.95. The van der Waals surface area contributed by atoms with Crippen molar-refractivity contribution in [3.63, 3.8) is 0 Å². The summed E-state index contributed by atoms with van der Waals surface area (Å²) < 4.78 is 0. The number of aryl methyl sites for hydroxylation is 1.